The summed E-state index contributed by atoms with van der Waals surface area (Å²) in [5.41, 5.74) is 8.26. The SMILES string of the molecule is Cc1cc(=O)n2c(c1C(C)N)N(C)CCCC2. The number of hydrogen-bond donors (Lipinski definition) is 1. The fourth-order valence-corrected chi connectivity index (χ4v) is 2.68. The quantitative estimate of drug-likeness (QED) is 0.800. The predicted octanol–water partition coefficient (Wildman–Crippen LogP) is 1.41. The number of pyridine rings is 1. The second-order valence-electron chi connectivity index (χ2n) is 4.97. The zero-order valence-corrected chi connectivity index (χ0v) is 10.9. The average molecular weight is 235 g/mol. The molecular formula is C13H21N3O. The summed E-state index contributed by atoms with van der Waals surface area (Å²) in [7, 11) is 2.04. The van der Waals surface area contributed by atoms with E-state index in [9.17, 15) is 4.79 Å². The summed E-state index contributed by atoms with van der Waals surface area (Å²) in [6, 6.07) is 1.67. The van der Waals surface area contributed by atoms with Gasteiger partial charge in [-0.3, -0.25) is 9.36 Å². The fraction of sp³-hybridized carbons (Fsp3) is 0.615. The zero-order chi connectivity index (χ0) is 12.6. The first-order valence-electron chi connectivity index (χ1n) is 6.23. The summed E-state index contributed by atoms with van der Waals surface area (Å²) in [6.45, 7) is 5.74. The highest BCUT2D eigenvalue weighted by atomic mass is 16.1. The van der Waals surface area contributed by atoms with Crippen molar-refractivity contribution in [3.63, 3.8) is 0 Å². The van der Waals surface area contributed by atoms with Gasteiger partial charge in [0.15, 0.2) is 0 Å². The van der Waals surface area contributed by atoms with E-state index in [1.54, 1.807) is 6.07 Å². The first-order chi connectivity index (χ1) is 8.02. The van der Waals surface area contributed by atoms with Gasteiger partial charge in [-0.2, -0.15) is 0 Å². The van der Waals surface area contributed by atoms with Crippen LogP contribution in [0.5, 0.6) is 0 Å². The molecular weight excluding hydrogens is 214 g/mol. The van der Waals surface area contributed by atoms with Gasteiger partial charge in [0, 0.05) is 37.8 Å². The largest absolute Gasteiger partial charge is 0.361 e. The van der Waals surface area contributed by atoms with Gasteiger partial charge >= 0.3 is 0 Å². The smallest absolute Gasteiger partial charge is 0.252 e. The zero-order valence-electron chi connectivity index (χ0n) is 10.9. The normalized spacial score (nSPS) is 17.5. The van der Waals surface area contributed by atoms with E-state index in [-0.39, 0.29) is 11.6 Å². The molecule has 1 aliphatic rings. The summed E-state index contributed by atoms with van der Waals surface area (Å²) in [5.74, 6) is 1.02. The molecule has 4 heteroatoms. The van der Waals surface area contributed by atoms with Crippen LogP contribution in [0.3, 0.4) is 0 Å². The molecule has 17 heavy (non-hydrogen) atoms. The topological polar surface area (TPSA) is 51.3 Å². The third kappa shape index (κ3) is 2.09. The molecule has 94 valence electrons. The van der Waals surface area contributed by atoms with Gasteiger partial charge in [-0.15, -0.1) is 0 Å². The summed E-state index contributed by atoms with van der Waals surface area (Å²) in [6.07, 6.45) is 2.17. The molecule has 0 radical (unpaired) electrons. The maximum atomic E-state index is 12.1. The van der Waals surface area contributed by atoms with Gasteiger partial charge in [-0.1, -0.05) is 0 Å². The van der Waals surface area contributed by atoms with Gasteiger partial charge in [-0.05, 0) is 32.3 Å². The third-order valence-electron chi connectivity index (χ3n) is 3.47. The maximum Gasteiger partial charge on any atom is 0.252 e. The highest BCUT2D eigenvalue weighted by Crippen LogP contribution is 2.28. The lowest BCUT2D eigenvalue weighted by Gasteiger charge is -2.26. The number of nitrogens with zero attached hydrogens (tertiary/aromatic N) is 2. The summed E-state index contributed by atoms with van der Waals surface area (Å²) < 4.78 is 1.87. The lowest BCUT2D eigenvalue weighted by molar-refractivity contribution is 0.630. The van der Waals surface area contributed by atoms with Crippen molar-refractivity contribution in [3.05, 3.63) is 27.5 Å². The number of hydrogen-bond acceptors (Lipinski definition) is 3. The van der Waals surface area contributed by atoms with Crippen LogP contribution in [0.2, 0.25) is 0 Å². The lowest BCUT2D eigenvalue weighted by atomic mass is 10.0. The van der Waals surface area contributed by atoms with Crippen LogP contribution in [0.1, 0.15) is 36.9 Å². The van der Waals surface area contributed by atoms with E-state index < -0.39 is 0 Å². The molecule has 2 rings (SSSR count). The van der Waals surface area contributed by atoms with Crippen LogP contribution in [0.25, 0.3) is 0 Å². The second-order valence-corrected chi connectivity index (χ2v) is 4.97. The molecule has 0 amide bonds. The Bertz CT molecular complexity index is 476. The number of aromatic nitrogens is 1. The molecule has 0 bridgehead atoms. The molecule has 0 spiro atoms. The monoisotopic (exact) mass is 235 g/mol. The second kappa shape index (κ2) is 4.53. The molecule has 0 aliphatic carbocycles. The first-order valence-corrected chi connectivity index (χ1v) is 6.23. The fourth-order valence-electron chi connectivity index (χ4n) is 2.68. The standard InChI is InChI=1S/C13H21N3O/c1-9-8-11(17)16-7-5-4-6-15(3)13(16)12(9)10(2)14/h8,10H,4-7,14H2,1-3H3. The molecule has 1 aliphatic heterocycles. The van der Waals surface area contributed by atoms with E-state index in [0.717, 1.165) is 42.9 Å². The van der Waals surface area contributed by atoms with Crippen molar-refractivity contribution in [2.45, 2.75) is 39.3 Å². The van der Waals surface area contributed by atoms with Gasteiger partial charge in [0.05, 0.1) is 0 Å². The number of aryl methyl sites for hydroxylation is 1. The van der Waals surface area contributed by atoms with E-state index in [4.69, 9.17) is 5.73 Å². The number of nitrogens with two attached hydrogens (primary N) is 1. The molecule has 2 heterocycles. The van der Waals surface area contributed by atoms with Crippen molar-refractivity contribution in [1.82, 2.24) is 4.57 Å². The van der Waals surface area contributed by atoms with E-state index in [0.29, 0.717) is 0 Å². The number of rotatable bonds is 1. The molecule has 1 aromatic heterocycles. The highest BCUT2D eigenvalue weighted by Gasteiger charge is 2.21. The van der Waals surface area contributed by atoms with Crippen LogP contribution in [-0.2, 0) is 6.54 Å². The summed E-state index contributed by atoms with van der Waals surface area (Å²) in [5, 5.41) is 0. The van der Waals surface area contributed by atoms with E-state index in [1.165, 1.54) is 0 Å². The van der Waals surface area contributed by atoms with Crippen molar-refractivity contribution in [3.8, 4) is 0 Å². The Morgan fingerprint density at radius 3 is 2.65 bits per heavy atom. The molecule has 0 aromatic carbocycles. The lowest BCUT2D eigenvalue weighted by Crippen LogP contribution is -2.30. The van der Waals surface area contributed by atoms with Crippen LogP contribution < -0.4 is 16.2 Å². The van der Waals surface area contributed by atoms with Crippen LogP contribution in [-0.4, -0.2) is 18.2 Å². The number of anilines is 1. The summed E-state index contributed by atoms with van der Waals surface area (Å²) >= 11 is 0. The van der Waals surface area contributed by atoms with Crippen molar-refractivity contribution in [2.24, 2.45) is 5.73 Å². The van der Waals surface area contributed by atoms with E-state index in [2.05, 4.69) is 4.90 Å². The van der Waals surface area contributed by atoms with Crippen LogP contribution in [0, 0.1) is 6.92 Å². The number of fused-ring (bicyclic) bond motifs is 1. The Morgan fingerprint density at radius 2 is 2.00 bits per heavy atom. The van der Waals surface area contributed by atoms with Crippen LogP contribution in [0.15, 0.2) is 10.9 Å². The van der Waals surface area contributed by atoms with Gasteiger partial charge < -0.3 is 10.6 Å². The van der Waals surface area contributed by atoms with Crippen LogP contribution in [0.4, 0.5) is 5.82 Å². The molecule has 1 unspecified atom stereocenters. The Morgan fingerprint density at radius 1 is 1.35 bits per heavy atom. The van der Waals surface area contributed by atoms with Gasteiger partial charge in [0.25, 0.3) is 5.56 Å². The van der Waals surface area contributed by atoms with Gasteiger partial charge in [-0.25, -0.2) is 0 Å². The molecule has 0 fully saturated rings. The van der Waals surface area contributed by atoms with Crippen molar-refractivity contribution in [2.75, 3.05) is 18.5 Å². The van der Waals surface area contributed by atoms with Crippen LogP contribution >= 0.6 is 0 Å². The van der Waals surface area contributed by atoms with Crippen molar-refractivity contribution in [1.29, 1.82) is 0 Å². The van der Waals surface area contributed by atoms with E-state index >= 15 is 0 Å². The Hall–Kier alpha value is -1.29. The maximum absolute atomic E-state index is 12.1. The average Bonchev–Trinajstić information content (AvgIpc) is 2.41. The molecule has 4 nitrogen and oxygen atoms in total. The molecule has 1 atom stereocenters. The first kappa shape index (κ1) is 12.2. The minimum atomic E-state index is -0.0441. The van der Waals surface area contributed by atoms with Gasteiger partial charge in [0.2, 0.25) is 0 Å². The Balaban J connectivity index is 2.73. The molecule has 2 N–H and O–H groups in total. The van der Waals surface area contributed by atoms with E-state index in [1.807, 2.05) is 25.5 Å². The molecule has 0 saturated heterocycles. The Kier molecular flexibility index (Phi) is 3.24. The Labute approximate surface area is 102 Å². The van der Waals surface area contributed by atoms with Gasteiger partial charge in [0.1, 0.15) is 5.82 Å². The van der Waals surface area contributed by atoms with Crippen molar-refractivity contribution >= 4 is 5.82 Å². The van der Waals surface area contributed by atoms with Crippen molar-refractivity contribution < 1.29 is 0 Å². The minimum absolute atomic E-state index is 0.0441. The highest BCUT2D eigenvalue weighted by molar-refractivity contribution is 5.53. The predicted molar refractivity (Wildman–Crippen MR) is 70.5 cm³/mol. The third-order valence-corrected chi connectivity index (χ3v) is 3.47. The summed E-state index contributed by atoms with van der Waals surface area (Å²) in [4.78, 5) is 14.2. The minimum Gasteiger partial charge on any atom is -0.361 e. The molecule has 1 aromatic rings. The molecule has 0 saturated carbocycles.